The third-order valence-electron chi connectivity index (χ3n) is 3.01. The Labute approximate surface area is 117 Å². The number of hydrogen-bond acceptors (Lipinski definition) is 2. The van der Waals surface area contributed by atoms with Crippen molar-refractivity contribution in [2.75, 3.05) is 5.75 Å². The fourth-order valence-electron chi connectivity index (χ4n) is 2.00. The summed E-state index contributed by atoms with van der Waals surface area (Å²) in [5.74, 6) is 0.328. The number of benzene rings is 2. The maximum absolute atomic E-state index is 12.8. The summed E-state index contributed by atoms with van der Waals surface area (Å²) in [6, 6.07) is 12.4. The van der Waals surface area contributed by atoms with Crippen LogP contribution in [0.15, 0.2) is 47.4 Å². The summed E-state index contributed by atoms with van der Waals surface area (Å²) in [4.78, 5) is 0.963. The molecular weight excluding hydrogens is 259 g/mol. The molecule has 0 aliphatic carbocycles. The molecule has 0 amide bonds. The SMILES string of the molecule is Cc1ccc(C(O)CSc2ccc(F)cc2)c(C)c1. The molecule has 0 radical (unpaired) electrons. The highest BCUT2D eigenvalue weighted by atomic mass is 32.2. The number of aryl methyl sites for hydroxylation is 2. The van der Waals surface area contributed by atoms with Gasteiger partial charge < -0.3 is 5.11 Å². The van der Waals surface area contributed by atoms with E-state index in [9.17, 15) is 9.50 Å². The zero-order chi connectivity index (χ0) is 13.8. The third-order valence-corrected chi connectivity index (χ3v) is 4.09. The summed E-state index contributed by atoms with van der Waals surface area (Å²) < 4.78 is 12.8. The van der Waals surface area contributed by atoms with Crippen LogP contribution in [0.25, 0.3) is 0 Å². The van der Waals surface area contributed by atoms with E-state index in [4.69, 9.17) is 0 Å². The monoisotopic (exact) mass is 276 g/mol. The Morgan fingerprint density at radius 1 is 1.11 bits per heavy atom. The van der Waals surface area contributed by atoms with E-state index in [1.807, 2.05) is 26.0 Å². The van der Waals surface area contributed by atoms with Gasteiger partial charge in [-0.3, -0.25) is 0 Å². The lowest BCUT2D eigenvalue weighted by Gasteiger charge is -2.14. The summed E-state index contributed by atoms with van der Waals surface area (Å²) in [5.41, 5.74) is 3.26. The standard InChI is InChI=1S/C16H17FOS/c1-11-3-8-15(12(2)9-11)16(18)10-19-14-6-4-13(17)5-7-14/h3-9,16,18H,10H2,1-2H3. The molecule has 100 valence electrons. The predicted octanol–water partition coefficient (Wildman–Crippen LogP) is 4.27. The van der Waals surface area contributed by atoms with Crippen LogP contribution in [0.3, 0.4) is 0 Å². The summed E-state index contributed by atoms with van der Waals surface area (Å²) >= 11 is 1.53. The second kappa shape index (κ2) is 6.22. The fourth-order valence-corrected chi connectivity index (χ4v) is 2.85. The van der Waals surface area contributed by atoms with Crippen LogP contribution in [-0.4, -0.2) is 10.9 Å². The lowest BCUT2D eigenvalue weighted by atomic mass is 10.0. The number of rotatable bonds is 4. The Hall–Kier alpha value is -1.32. The van der Waals surface area contributed by atoms with E-state index in [0.717, 1.165) is 16.0 Å². The molecule has 3 heteroatoms. The fraction of sp³-hybridized carbons (Fsp3) is 0.250. The summed E-state index contributed by atoms with van der Waals surface area (Å²) in [7, 11) is 0. The molecule has 0 heterocycles. The molecule has 0 saturated heterocycles. The van der Waals surface area contributed by atoms with Gasteiger partial charge in [0.15, 0.2) is 0 Å². The van der Waals surface area contributed by atoms with Crippen molar-refractivity contribution in [3.63, 3.8) is 0 Å². The molecule has 2 aromatic rings. The number of halogens is 1. The molecule has 19 heavy (non-hydrogen) atoms. The molecule has 2 rings (SSSR count). The quantitative estimate of drug-likeness (QED) is 0.842. The first-order chi connectivity index (χ1) is 9.06. The second-order valence-corrected chi connectivity index (χ2v) is 5.73. The van der Waals surface area contributed by atoms with Gasteiger partial charge in [0, 0.05) is 10.6 Å². The van der Waals surface area contributed by atoms with Crippen molar-refractivity contribution in [2.24, 2.45) is 0 Å². The summed E-state index contributed by atoms with van der Waals surface area (Å²) in [6.07, 6.45) is -0.504. The van der Waals surface area contributed by atoms with Crippen molar-refractivity contribution in [2.45, 2.75) is 24.8 Å². The summed E-state index contributed by atoms with van der Waals surface area (Å²) in [6.45, 7) is 4.05. The zero-order valence-electron chi connectivity index (χ0n) is 11.1. The van der Waals surface area contributed by atoms with E-state index in [1.165, 1.54) is 29.5 Å². The predicted molar refractivity (Wildman–Crippen MR) is 78.0 cm³/mol. The molecule has 2 aromatic carbocycles. The molecule has 0 saturated carbocycles. The number of aliphatic hydroxyl groups excluding tert-OH is 1. The van der Waals surface area contributed by atoms with Crippen molar-refractivity contribution in [1.82, 2.24) is 0 Å². The average molecular weight is 276 g/mol. The zero-order valence-corrected chi connectivity index (χ0v) is 11.9. The molecule has 1 N–H and O–H groups in total. The first-order valence-corrected chi connectivity index (χ1v) is 7.18. The Morgan fingerprint density at radius 3 is 2.42 bits per heavy atom. The van der Waals surface area contributed by atoms with Gasteiger partial charge in [0.2, 0.25) is 0 Å². The minimum atomic E-state index is -0.504. The van der Waals surface area contributed by atoms with Crippen LogP contribution in [0, 0.1) is 19.7 Å². The van der Waals surface area contributed by atoms with E-state index >= 15 is 0 Å². The number of thioether (sulfide) groups is 1. The average Bonchev–Trinajstić information content (AvgIpc) is 2.37. The van der Waals surface area contributed by atoms with Crippen LogP contribution in [0.1, 0.15) is 22.8 Å². The molecule has 0 aliphatic rings. The van der Waals surface area contributed by atoms with Crippen LogP contribution < -0.4 is 0 Å². The number of hydrogen-bond donors (Lipinski definition) is 1. The van der Waals surface area contributed by atoms with Crippen molar-refractivity contribution in [3.05, 3.63) is 65.0 Å². The van der Waals surface area contributed by atoms with Gasteiger partial charge >= 0.3 is 0 Å². The van der Waals surface area contributed by atoms with Crippen LogP contribution in [0.4, 0.5) is 4.39 Å². The Morgan fingerprint density at radius 2 is 1.79 bits per heavy atom. The Bertz CT molecular complexity index is 551. The lowest BCUT2D eigenvalue weighted by molar-refractivity contribution is 0.203. The van der Waals surface area contributed by atoms with Gasteiger partial charge in [0.05, 0.1) is 6.10 Å². The molecule has 0 aliphatic heterocycles. The molecule has 0 aromatic heterocycles. The minimum Gasteiger partial charge on any atom is -0.388 e. The van der Waals surface area contributed by atoms with E-state index in [0.29, 0.717) is 5.75 Å². The molecule has 0 bridgehead atoms. The smallest absolute Gasteiger partial charge is 0.123 e. The van der Waals surface area contributed by atoms with Gasteiger partial charge in [0.1, 0.15) is 5.82 Å². The Balaban J connectivity index is 2.01. The highest BCUT2D eigenvalue weighted by molar-refractivity contribution is 7.99. The van der Waals surface area contributed by atoms with Crippen molar-refractivity contribution in [1.29, 1.82) is 0 Å². The molecule has 1 nitrogen and oxygen atoms in total. The largest absolute Gasteiger partial charge is 0.388 e. The number of aliphatic hydroxyl groups is 1. The van der Waals surface area contributed by atoms with Gasteiger partial charge in [-0.25, -0.2) is 4.39 Å². The maximum atomic E-state index is 12.8. The lowest BCUT2D eigenvalue weighted by Crippen LogP contribution is -2.03. The summed E-state index contributed by atoms with van der Waals surface area (Å²) in [5, 5.41) is 10.2. The first-order valence-electron chi connectivity index (χ1n) is 6.20. The first kappa shape index (κ1) is 14.1. The van der Waals surface area contributed by atoms with Gasteiger partial charge in [0.25, 0.3) is 0 Å². The van der Waals surface area contributed by atoms with Gasteiger partial charge in [-0.05, 0) is 49.2 Å². The third kappa shape index (κ3) is 3.82. The van der Waals surface area contributed by atoms with Crippen molar-refractivity contribution < 1.29 is 9.50 Å². The highest BCUT2D eigenvalue weighted by Gasteiger charge is 2.11. The minimum absolute atomic E-state index is 0.237. The van der Waals surface area contributed by atoms with E-state index in [1.54, 1.807) is 12.1 Å². The van der Waals surface area contributed by atoms with E-state index in [-0.39, 0.29) is 5.82 Å². The Kier molecular flexibility index (Phi) is 4.61. The second-order valence-electron chi connectivity index (χ2n) is 4.64. The molecule has 1 unspecified atom stereocenters. The highest BCUT2D eigenvalue weighted by Crippen LogP contribution is 2.26. The maximum Gasteiger partial charge on any atom is 0.123 e. The van der Waals surface area contributed by atoms with Crippen LogP contribution in [0.5, 0.6) is 0 Å². The van der Waals surface area contributed by atoms with Crippen LogP contribution >= 0.6 is 11.8 Å². The van der Waals surface area contributed by atoms with Crippen LogP contribution in [0.2, 0.25) is 0 Å². The van der Waals surface area contributed by atoms with E-state index in [2.05, 4.69) is 6.07 Å². The van der Waals surface area contributed by atoms with Crippen molar-refractivity contribution in [3.8, 4) is 0 Å². The van der Waals surface area contributed by atoms with Gasteiger partial charge in [-0.1, -0.05) is 23.8 Å². The van der Waals surface area contributed by atoms with Crippen LogP contribution in [-0.2, 0) is 0 Å². The molecule has 0 spiro atoms. The molecule has 0 fully saturated rings. The molecular formula is C16H17FOS. The molecule has 1 atom stereocenters. The van der Waals surface area contributed by atoms with Crippen molar-refractivity contribution >= 4 is 11.8 Å². The van der Waals surface area contributed by atoms with E-state index < -0.39 is 6.10 Å². The van der Waals surface area contributed by atoms with Gasteiger partial charge in [-0.2, -0.15) is 0 Å². The van der Waals surface area contributed by atoms with Gasteiger partial charge in [-0.15, -0.1) is 11.8 Å². The normalized spacial score (nSPS) is 12.4. The topological polar surface area (TPSA) is 20.2 Å².